The van der Waals surface area contributed by atoms with Crippen LogP contribution in [0.2, 0.25) is 5.02 Å². The van der Waals surface area contributed by atoms with E-state index in [2.05, 4.69) is 4.72 Å². The fraction of sp³-hybridized carbons (Fsp3) is 0.120. The van der Waals surface area contributed by atoms with Gasteiger partial charge in [-0.3, -0.25) is 14.2 Å². The summed E-state index contributed by atoms with van der Waals surface area (Å²) < 4.78 is 34.0. The van der Waals surface area contributed by atoms with Crippen molar-refractivity contribution in [1.29, 1.82) is 0 Å². The fourth-order valence-corrected chi connectivity index (χ4v) is 4.69. The zero-order valence-corrected chi connectivity index (χ0v) is 20.0. The summed E-state index contributed by atoms with van der Waals surface area (Å²) in [6, 6.07) is 17.8. The number of rotatable bonds is 6. The van der Waals surface area contributed by atoms with E-state index in [0.29, 0.717) is 32.8 Å². The Hall–Kier alpha value is -3.62. The number of aromatic nitrogens is 1. The molecule has 1 aromatic heterocycles. The van der Waals surface area contributed by atoms with Crippen molar-refractivity contribution in [2.75, 3.05) is 7.11 Å². The van der Waals surface area contributed by atoms with Gasteiger partial charge < -0.3 is 4.74 Å². The molecule has 0 saturated heterocycles. The van der Waals surface area contributed by atoms with Crippen LogP contribution in [0.1, 0.15) is 21.5 Å². The van der Waals surface area contributed by atoms with E-state index in [9.17, 15) is 18.0 Å². The van der Waals surface area contributed by atoms with Crippen LogP contribution >= 0.6 is 11.6 Å². The maximum Gasteiger partial charge on any atom is 0.264 e. The molecule has 1 N–H and O–H groups in total. The average molecular weight is 497 g/mol. The molecule has 174 valence electrons. The number of halogens is 1. The molecule has 3 aromatic carbocycles. The van der Waals surface area contributed by atoms with Crippen molar-refractivity contribution >= 4 is 44.3 Å². The molecule has 4 rings (SSSR count). The molecule has 34 heavy (non-hydrogen) atoms. The van der Waals surface area contributed by atoms with Gasteiger partial charge in [-0.1, -0.05) is 29.3 Å². The molecule has 7 nitrogen and oxygen atoms in total. The molecule has 0 bridgehead atoms. The lowest BCUT2D eigenvalue weighted by Crippen LogP contribution is -2.31. The lowest BCUT2D eigenvalue weighted by molar-refractivity contribution is -0.118. The van der Waals surface area contributed by atoms with Crippen LogP contribution in [-0.2, 0) is 21.2 Å². The standard InChI is InChI=1S/C25H21ClN2O5S/c1-16-3-10-21(11-4-16)34(31,32)27-24(29)13-18-15-28(23-12-9-20(33-2)14-22(18)23)25(30)17-5-7-19(26)8-6-17/h3-12,14-15H,13H2,1-2H3,(H,27,29). The number of methoxy groups -OCH3 is 1. The van der Waals surface area contributed by atoms with Gasteiger partial charge in [0.15, 0.2) is 0 Å². The maximum atomic E-state index is 13.2. The molecule has 9 heteroatoms. The first-order valence-electron chi connectivity index (χ1n) is 10.3. The van der Waals surface area contributed by atoms with E-state index >= 15 is 0 Å². The second kappa shape index (κ2) is 9.32. The van der Waals surface area contributed by atoms with Crippen molar-refractivity contribution < 1.29 is 22.7 Å². The summed E-state index contributed by atoms with van der Waals surface area (Å²) in [5.74, 6) is -0.495. The number of ether oxygens (including phenoxy) is 1. The minimum Gasteiger partial charge on any atom is -0.497 e. The van der Waals surface area contributed by atoms with E-state index in [0.717, 1.165) is 5.56 Å². The van der Waals surface area contributed by atoms with Gasteiger partial charge >= 0.3 is 0 Å². The smallest absolute Gasteiger partial charge is 0.264 e. The molecule has 4 aromatic rings. The van der Waals surface area contributed by atoms with Crippen LogP contribution in [0.5, 0.6) is 5.75 Å². The summed E-state index contributed by atoms with van der Waals surface area (Å²) in [5.41, 5.74) is 2.35. The van der Waals surface area contributed by atoms with Crippen molar-refractivity contribution in [3.63, 3.8) is 0 Å². The van der Waals surface area contributed by atoms with E-state index in [-0.39, 0.29) is 17.2 Å². The van der Waals surface area contributed by atoms with Gasteiger partial charge in [0.1, 0.15) is 5.75 Å². The first-order valence-corrected chi connectivity index (χ1v) is 12.1. The van der Waals surface area contributed by atoms with Crippen LogP contribution in [-0.4, -0.2) is 31.9 Å². The first kappa shape index (κ1) is 23.5. The molecule has 0 spiro atoms. The zero-order chi connectivity index (χ0) is 24.5. The van der Waals surface area contributed by atoms with Crippen molar-refractivity contribution in [3.8, 4) is 5.75 Å². The number of hydrogen-bond acceptors (Lipinski definition) is 5. The van der Waals surface area contributed by atoms with Crippen molar-refractivity contribution in [1.82, 2.24) is 9.29 Å². The van der Waals surface area contributed by atoms with Crippen LogP contribution in [0.15, 0.2) is 77.8 Å². The molecular weight excluding hydrogens is 476 g/mol. The molecule has 1 amide bonds. The van der Waals surface area contributed by atoms with Crippen molar-refractivity contribution in [2.24, 2.45) is 0 Å². The summed E-state index contributed by atoms with van der Waals surface area (Å²) in [5, 5.41) is 1.11. The van der Waals surface area contributed by atoms with Crippen molar-refractivity contribution in [3.05, 3.63) is 94.6 Å². The summed E-state index contributed by atoms with van der Waals surface area (Å²) in [4.78, 5) is 25.9. The Kier molecular flexibility index (Phi) is 6.45. The molecule has 0 aliphatic rings. The molecule has 0 aliphatic carbocycles. The highest BCUT2D eigenvalue weighted by Crippen LogP contribution is 2.28. The third-order valence-electron chi connectivity index (χ3n) is 5.33. The number of aryl methyl sites for hydroxylation is 1. The second-order valence-electron chi connectivity index (χ2n) is 7.74. The number of amides is 1. The minimum atomic E-state index is -4.03. The third-order valence-corrected chi connectivity index (χ3v) is 6.98. The normalized spacial score (nSPS) is 11.4. The highest BCUT2D eigenvalue weighted by atomic mass is 35.5. The quantitative estimate of drug-likeness (QED) is 0.428. The lowest BCUT2D eigenvalue weighted by Gasteiger charge is -2.07. The SMILES string of the molecule is COc1ccc2c(c1)c(CC(=O)NS(=O)(=O)c1ccc(C)cc1)cn2C(=O)c1ccc(Cl)cc1. The highest BCUT2D eigenvalue weighted by Gasteiger charge is 2.21. The Balaban J connectivity index is 1.67. The monoisotopic (exact) mass is 496 g/mol. The van der Waals surface area contributed by atoms with Crippen LogP contribution in [0, 0.1) is 6.92 Å². The number of benzene rings is 3. The summed E-state index contributed by atoms with van der Waals surface area (Å²) in [7, 11) is -2.52. The van der Waals surface area contributed by atoms with Gasteiger partial charge in [0.25, 0.3) is 15.9 Å². The van der Waals surface area contributed by atoms with E-state index in [1.54, 1.807) is 60.8 Å². The number of sulfonamides is 1. The largest absolute Gasteiger partial charge is 0.497 e. The van der Waals surface area contributed by atoms with E-state index in [1.165, 1.54) is 23.8 Å². The molecule has 0 unspecified atom stereocenters. The summed E-state index contributed by atoms with van der Waals surface area (Å²) in [6.45, 7) is 1.84. The number of fused-ring (bicyclic) bond motifs is 1. The van der Waals surface area contributed by atoms with Crippen molar-refractivity contribution in [2.45, 2.75) is 18.2 Å². The Morgan fingerprint density at radius 2 is 1.68 bits per heavy atom. The maximum absolute atomic E-state index is 13.2. The van der Waals surface area contributed by atoms with E-state index < -0.39 is 15.9 Å². The van der Waals surface area contributed by atoms with Gasteiger partial charge in [-0.15, -0.1) is 0 Å². The van der Waals surface area contributed by atoms with Crippen LogP contribution in [0.4, 0.5) is 0 Å². The van der Waals surface area contributed by atoms with E-state index in [1.807, 2.05) is 6.92 Å². The first-order chi connectivity index (χ1) is 16.2. The van der Waals surface area contributed by atoms with Gasteiger partial charge in [-0.2, -0.15) is 0 Å². The molecular formula is C25H21ClN2O5S. The average Bonchev–Trinajstić information content (AvgIpc) is 3.16. The molecule has 0 fully saturated rings. The highest BCUT2D eigenvalue weighted by molar-refractivity contribution is 7.90. The number of carbonyl (C=O) groups excluding carboxylic acids is 2. The predicted octanol–water partition coefficient (Wildman–Crippen LogP) is 4.35. The number of nitrogens with one attached hydrogen (secondary N) is 1. The minimum absolute atomic E-state index is 0.00605. The number of nitrogens with zero attached hydrogens (tertiary/aromatic N) is 1. The van der Waals surface area contributed by atoms with Gasteiger partial charge in [0.2, 0.25) is 5.91 Å². The molecule has 0 saturated carbocycles. The Morgan fingerprint density at radius 3 is 2.32 bits per heavy atom. The van der Waals surface area contributed by atoms with Crippen LogP contribution < -0.4 is 9.46 Å². The Labute approximate surface area is 202 Å². The van der Waals surface area contributed by atoms with Crippen LogP contribution in [0.25, 0.3) is 10.9 Å². The van der Waals surface area contributed by atoms with Gasteiger partial charge in [0.05, 0.1) is 23.9 Å². The summed E-state index contributed by atoms with van der Waals surface area (Å²) >= 11 is 5.93. The summed E-state index contributed by atoms with van der Waals surface area (Å²) in [6.07, 6.45) is 1.29. The van der Waals surface area contributed by atoms with Crippen LogP contribution in [0.3, 0.4) is 0 Å². The third kappa shape index (κ3) is 4.83. The topological polar surface area (TPSA) is 94.5 Å². The predicted molar refractivity (Wildman–Crippen MR) is 130 cm³/mol. The second-order valence-corrected chi connectivity index (χ2v) is 9.86. The Bertz CT molecular complexity index is 1490. The lowest BCUT2D eigenvalue weighted by atomic mass is 10.1. The Morgan fingerprint density at radius 1 is 1.00 bits per heavy atom. The molecule has 1 heterocycles. The molecule has 0 radical (unpaired) electrons. The number of hydrogen-bond donors (Lipinski definition) is 1. The number of carbonyl (C=O) groups is 2. The fourth-order valence-electron chi connectivity index (χ4n) is 3.58. The molecule has 0 aliphatic heterocycles. The van der Waals surface area contributed by atoms with Gasteiger partial charge in [-0.05, 0) is 67.1 Å². The molecule has 0 atom stereocenters. The van der Waals surface area contributed by atoms with Gasteiger partial charge in [-0.25, -0.2) is 13.1 Å². The van der Waals surface area contributed by atoms with E-state index in [4.69, 9.17) is 16.3 Å². The van der Waals surface area contributed by atoms with Gasteiger partial charge in [0, 0.05) is 22.2 Å². The zero-order valence-electron chi connectivity index (χ0n) is 18.4.